The molecule has 0 aliphatic carbocycles. The third-order valence-corrected chi connectivity index (χ3v) is 5.00. The molecule has 0 aliphatic heterocycles. The highest BCUT2D eigenvalue weighted by Crippen LogP contribution is 2.27. The van der Waals surface area contributed by atoms with Crippen LogP contribution in [0.2, 0.25) is 0 Å². The maximum absolute atomic E-state index is 11.6. The van der Waals surface area contributed by atoms with Crippen LogP contribution in [0.1, 0.15) is 15.9 Å². The van der Waals surface area contributed by atoms with E-state index in [0.29, 0.717) is 10.7 Å². The molecule has 2 aromatic carbocycles. The zero-order valence-corrected chi connectivity index (χ0v) is 17.2. The Bertz CT molecular complexity index is 972. The Morgan fingerprint density at radius 3 is 2.39 bits per heavy atom. The molecule has 1 aromatic heterocycles. The van der Waals surface area contributed by atoms with Gasteiger partial charge in [0.1, 0.15) is 5.03 Å². The molecule has 28 heavy (non-hydrogen) atoms. The van der Waals surface area contributed by atoms with E-state index in [-0.39, 0.29) is 5.91 Å². The minimum Gasteiger partial charge on any atom is -0.355 e. The summed E-state index contributed by atoms with van der Waals surface area (Å²) in [5.74, 6) is -0.144. The van der Waals surface area contributed by atoms with Gasteiger partial charge in [-0.2, -0.15) is 0 Å². The van der Waals surface area contributed by atoms with Crippen molar-refractivity contribution in [3.63, 3.8) is 0 Å². The van der Waals surface area contributed by atoms with Gasteiger partial charge in [-0.3, -0.25) is 4.79 Å². The van der Waals surface area contributed by atoms with Crippen LogP contribution < -0.4 is 16.0 Å². The lowest BCUT2D eigenvalue weighted by atomic mass is 10.2. The predicted molar refractivity (Wildman–Crippen MR) is 119 cm³/mol. The van der Waals surface area contributed by atoms with Crippen LogP contribution in [0.5, 0.6) is 0 Å². The number of hydrogen-bond acceptors (Lipinski definition) is 4. The summed E-state index contributed by atoms with van der Waals surface area (Å²) in [6.07, 6.45) is 1.58. The van der Waals surface area contributed by atoms with Gasteiger partial charge < -0.3 is 16.0 Å². The van der Waals surface area contributed by atoms with Gasteiger partial charge in [-0.15, -0.1) is 0 Å². The molecule has 1 amide bonds. The molecule has 3 rings (SSSR count). The lowest BCUT2D eigenvalue weighted by Crippen LogP contribution is -2.18. The number of nitrogens with one attached hydrogen (secondary N) is 3. The third kappa shape index (κ3) is 5.55. The number of nitrogens with zero attached hydrogens (tertiary/aromatic N) is 1. The summed E-state index contributed by atoms with van der Waals surface area (Å²) in [6.45, 7) is 2.04. The Morgan fingerprint density at radius 1 is 1.00 bits per heavy atom. The lowest BCUT2D eigenvalue weighted by molar-refractivity contribution is 0.0962. The number of thiocarbonyl (C=S) groups is 1. The summed E-state index contributed by atoms with van der Waals surface area (Å²) >= 11 is 6.90. The number of pyridine rings is 1. The van der Waals surface area contributed by atoms with E-state index in [9.17, 15) is 4.79 Å². The smallest absolute Gasteiger partial charge is 0.252 e. The fourth-order valence-electron chi connectivity index (χ4n) is 2.46. The van der Waals surface area contributed by atoms with Gasteiger partial charge in [0.25, 0.3) is 5.91 Å². The van der Waals surface area contributed by atoms with E-state index >= 15 is 0 Å². The van der Waals surface area contributed by atoms with Crippen molar-refractivity contribution in [2.24, 2.45) is 0 Å². The summed E-state index contributed by atoms with van der Waals surface area (Å²) in [5.41, 5.74) is 3.57. The summed E-state index contributed by atoms with van der Waals surface area (Å²) in [6, 6.07) is 19.6. The molecule has 0 atom stereocenters. The van der Waals surface area contributed by atoms with Crippen molar-refractivity contribution in [1.29, 1.82) is 0 Å². The maximum Gasteiger partial charge on any atom is 0.252 e. The van der Waals surface area contributed by atoms with Crippen molar-refractivity contribution in [2.75, 3.05) is 17.7 Å². The highest BCUT2D eigenvalue weighted by Gasteiger charge is 2.05. The fraction of sp³-hybridized carbons (Fsp3) is 0.0952. The molecule has 5 nitrogen and oxygen atoms in total. The van der Waals surface area contributed by atoms with Gasteiger partial charge in [-0.25, -0.2) is 4.98 Å². The van der Waals surface area contributed by atoms with Crippen LogP contribution in [0, 0.1) is 6.92 Å². The molecular weight excluding hydrogens is 388 g/mol. The van der Waals surface area contributed by atoms with Crippen LogP contribution in [0.3, 0.4) is 0 Å². The van der Waals surface area contributed by atoms with E-state index in [1.54, 1.807) is 19.3 Å². The number of hydrogen-bond donors (Lipinski definition) is 3. The number of benzene rings is 2. The fourth-order valence-corrected chi connectivity index (χ4v) is 3.45. The van der Waals surface area contributed by atoms with Crippen LogP contribution in [-0.2, 0) is 0 Å². The summed E-state index contributed by atoms with van der Waals surface area (Å²) < 4.78 is 0. The predicted octanol–water partition coefficient (Wildman–Crippen LogP) is 4.71. The molecule has 142 valence electrons. The second-order valence-electron chi connectivity index (χ2n) is 6.04. The van der Waals surface area contributed by atoms with Crippen molar-refractivity contribution in [2.45, 2.75) is 16.8 Å². The maximum atomic E-state index is 11.6. The Balaban J connectivity index is 1.57. The van der Waals surface area contributed by atoms with Crippen molar-refractivity contribution in [1.82, 2.24) is 10.3 Å². The van der Waals surface area contributed by atoms with Gasteiger partial charge in [0.15, 0.2) is 5.11 Å². The largest absolute Gasteiger partial charge is 0.355 e. The first-order valence-corrected chi connectivity index (χ1v) is 9.87. The van der Waals surface area contributed by atoms with Gasteiger partial charge in [-0.1, -0.05) is 23.9 Å². The van der Waals surface area contributed by atoms with E-state index in [1.165, 1.54) is 17.3 Å². The first kappa shape index (κ1) is 19.9. The molecule has 7 heteroatoms. The standard InChI is InChI=1S/C21H20N4OS2/c1-14-4-3-5-17(12-14)25-21(27)24-16-7-9-18(10-8-16)28-19-11-6-15(13-23-19)20(26)22-2/h3-13H,1-2H3,(H,22,26)(H2,24,25,27). The first-order valence-electron chi connectivity index (χ1n) is 8.64. The van der Waals surface area contributed by atoms with Gasteiger partial charge in [0.05, 0.1) is 5.56 Å². The number of aromatic nitrogens is 1. The topological polar surface area (TPSA) is 66.1 Å². The number of anilines is 2. The average molecular weight is 409 g/mol. The Labute approximate surface area is 174 Å². The average Bonchev–Trinajstić information content (AvgIpc) is 2.69. The van der Waals surface area contributed by atoms with Crippen LogP contribution in [0.15, 0.2) is 76.8 Å². The molecule has 0 saturated heterocycles. The molecule has 3 N–H and O–H groups in total. The summed E-state index contributed by atoms with van der Waals surface area (Å²) in [5, 5.41) is 10.3. The Kier molecular flexibility index (Phi) is 6.62. The molecule has 3 aromatic rings. The van der Waals surface area contributed by atoms with Crippen molar-refractivity contribution in [3.05, 3.63) is 78.0 Å². The number of carbonyl (C=O) groups is 1. The molecule has 0 spiro atoms. The van der Waals surface area contributed by atoms with Crippen LogP contribution >= 0.6 is 24.0 Å². The lowest BCUT2D eigenvalue weighted by Gasteiger charge is -2.11. The van der Waals surface area contributed by atoms with E-state index in [2.05, 4.69) is 20.9 Å². The summed E-state index contributed by atoms with van der Waals surface area (Å²) in [4.78, 5) is 16.9. The molecule has 0 radical (unpaired) electrons. The SMILES string of the molecule is CNC(=O)c1ccc(Sc2ccc(NC(=S)Nc3cccc(C)c3)cc2)nc1. The monoisotopic (exact) mass is 408 g/mol. The molecule has 0 fully saturated rings. The molecular formula is C21H20N4OS2. The molecule has 0 aliphatic rings. The number of rotatable bonds is 5. The van der Waals surface area contributed by atoms with Crippen LogP contribution in [0.25, 0.3) is 0 Å². The second-order valence-corrected chi connectivity index (χ2v) is 7.54. The van der Waals surface area contributed by atoms with E-state index in [0.717, 1.165) is 21.3 Å². The zero-order chi connectivity index (χ0) is 19.9. The third-order valence-electron chi connectivity index (χ3n) is 3.84. The van der Waals surface area contributed by atoms with E-state index in [1.807, 2.05) is 61.5 Å². The van der Waals surface area contributed by atoms with Gasteiger partial charge >= 0.3 is 0 Å². The summed E-state index contributed by atoms with van der Waals surface area (Å²) in [7, 11) is 1.60. The van der Waals surface area contributed by atoms with E-state index < -0.39 is 0 Å². The minimum absolute atomic E-state index is 0.144. The number of aryl methyl sites for hydroxylation is 1. The van der Waals surface area contributed by atoms with Gasteiger partial charge in [0, 0.05) is 29.5 Å². The second kappa shape index (κ2) is 9.34. The Hall–Kier alpha value is -2.90. The zero-order valence-electron chi connectivity index (χ0n) is 15.5. The number of carbonyl (C=O) groups excluding carboxylic acids is 1. The van der Waals surface area contributed by atoms with Crippen molar-refractivity contribution < 1.29 is 4.79 Å². The normalized spacial score (nSPS) is 10.2. The van der Waals surface area contributed by atoms with Crippen molar-refractivity contribution >= 4 is 46.4 Å². The Morgan fingerprint density at radius 2 is 1.75 bits per heavy atom. The molecule has 0 unspecified atom stereocenters. The van der Waals surface area contributed by atoms with Gasteiger partial charge in [-0.05, 0) is 73.2 Å². The molecule has 1 heterocycles. The number of amides is 1. The highest BCUT2D eigenvalue weighted by molar-refractivity contribution is 7.99. The first-order chi connectivity index (χ1) is 13.5. The van der Waals surface area contributed by atoms with E-state index in [4.69, 9.17) is 12.2 Å². The van der Waals surface area contributed by atoms with Crippen molar-refractivity contribution in [3.8, 4) is 0 Å². The quantitative estimate of drug-likeness (QED) is 0.532. The minimum atomic E-state index is -0.144. The van der Waals surface area contributed by atoms with Crippen LogP contribution in [0.4, 0.5) is 11.4 Å². The molecule has 0 bridgehead atoms. The van der Waals surface area contributed by atoms with Gasteiger partial charge in [0.2, 0.25) is 0 Å². The molecule has 0 saturated carbocycles. The van der Waals surface area contributed by atoms with Crippen LogP contribution in [-0.4, -0.2) is 23.1 Å². The highest BCUT2D eigenvalue weighted by atomic mass is 32.2.